The monoisotopic (exact) mass is 169 g/mol. The number of hydrogen-bond acceptors (Lipinski definition) is 3. The first kappa shape index (κ1) is 7.57. The molecule has 1 rings (SSSR count). The van der Waals surface area contributed by atoms with Gasteiger partial charge < -0.3 is 9.79 Å². The summed E-state index contributed by atoms with van der Waals surface area (Å²) >= 11 is 1.51. The van der Waals surface area contributed by atoms with Crippen LogP contribution < -0.4 is 5.32 Å². The minimum absolute atomic E-state index is 0.518. The summed E-state index contributed by atoms with van der Waals surface area (Å²) in [6, 6.07) is 0. The lowest BCUT2D eigenvalue weighted by molar-refractivity contribution is 0.356. The molecule has 0 aromatic heterocycles. The van der Waals surface area contributed by atoms with Gasteiger partial charge in [-0.1, -0.05) is 0 Å². The molecular formula is C3H8NO3PS. The highest BCUT2D eigenvalue weighted by Crippen LogP contribution is 2.42. The second kappa shape index (κ2) is 2.60. The van der Waals surface area contributed by atoms with Crippen LogP contribution in [0.4, 0.5) is 0 Å². The molecule has 1 aliphatic rings. The predicted octanol–water partition coefficient (Wildman–Crippen LogP) is -0.216. The summed E-state index contributed by atoms with van der Waals surface area (Å²) in [5.74, 6) is 0.558. The van der Waals surface area contributed by atoms with E-state index >= 15 is 0 Å². The van der Waals surface area contributed by atoms with E-state index in [1.807, 2.05) is 0 Å². The Morgan fingerprint density at radius 3 is 2.56 bits per heavy atom. The normalized spacial score (nSPS) is 28.9. The molecule has 6 heteroatoms. The van der Waals surface area contributed by atoms with Gasteiger partial charge in [-0.3, -0.25) is 9.88 Å². The van der Waals surface area contributed by atoms with Crippen molar-refractivity contribution in [2.75, 3.05) is 11.6 Å². The van der Waals surface area contributed by atoms with E-state index < -0.39 is 13.4 Å². The summed E-state index contributed by atoms with van der Waals surface area (Å²) in [7, 11) is -3.85. The minimum atomic E-state index is -3.85. The van der Waals surface area contributed by atoms with Crippen molar-refractivity contribution in [3.8, 4) is 0 Å². The SMILES string of the molecule is O=P(O)(O)C1CSCN1. The Morgan fingerprint density at radius 2 is 2.33 bits per heavy atom. The molecule has 1 aliphatic heterocycles. The van der Waals surface area contributed by atoms with Crippen LogP contribution in [0.15, 0.2) is 0 Å². The van der Waals surface area contributed by atoms with Gasteiger partial charge in [0.25, 0.3) is 0 Å². The smallest absolute Gasteiger partial charge is 0.323 e. The third kappa shape index (κ3) is 1.95. The Morgan fingerprint density at radius 1 is 1.67 bits per heavy atom. The average Bonchev–Trinajstić information content (AvgIpc) is 2.08. The average molecular weight is 169 g/mol. The Balaban J connectivity index is 2.52. The molecule has 0 aromatic carbocycles. The van der Waals surface area contributed by atoms with Gasteiger partial charge in [0, 0.05) is 11.6 Å². The quantitative estimate of drug-likeness (QED) is 0.473. The summed E-state index contributed by atoms with van der Waals surface area (Å²) < 4.78 is 10.5. The number of nitrogens with one attached hydrogen (secondary N) is 1. The van der Waals surface area contributed by atoms with Gasteiger partial charge >= 0.3 is 7.60 Å². The molecule has 54 valence electrons. The predicted molar refractivity (Wildman–Crippen MR) is 36.3 cm³/mol. The van der Waals surface area contributed by atoms with Crippen LogP contribution in [-0.2, 0) is 4.57 Å². The fourth-order valence-electron chi connectivity index (χ4n) is 0.601. The van der Waals surface area contributed by atoms with Crippen LogP contribution in [0, 0.1) is 0 Å². The molecular weight excluding hydrogens is 161 g/mol. The van der Waals surface area contributed by atoms with E-state index in [0.717, 1.165) is 0 Å². The zero-order chi connectivity index (χ0) is 6.91. The van der Waals surface area contributed by atoms with Gasteiger partial charge in [-0.25, -0.2) is 0 Å². The van der Waals surface area contributed by atoms with Crippen LogP contribution in [0.25, 0.3) is 0 Å². The molecule has 3 N–H and O–H groups in total. The lowest BCUT2D eigenvalue weighted by atomic mass is 10.8. The van der Waals surface area contributed by atoms with Gasteiger partial charge in [0.2, 0.25) is 0 Å². The number of hydrogen-bond donors (Lipinski definition) is 3. The molecule has 0 aliphatic carbocycles. The van der Waals surface area contributed by atoms with Crippen molar-refractivity contribution in [2.24, 2.45) is 0 Å². The van der Waals surface area contributed by atoms with Crippen LogP contribution in [0.1, 0.15) is 0 Å². The minimum Gasteiger partial charge on any atom is -0.323 e. The van der Waals surface area contributed by atoms with Crippen LogP contribution in [0.5, 0.6) is 0 Å². The van der Waals surface area contributed by atoms with Crippen molar-refractivity contribution in [1.29, 1.82) is 0 Å². The second-order valence-electron chi connectivity index (χ2n) is 1.82. The highest BCUT2D eigenvalue weighted by molar-refractivity contribution is 7.99. The Hall–Kier alpha value is 0.460. The molecule has 1 unspecified atom stereocenters. The van der Waals surface area contributed by atoms with Crippen molar-refractivity contribution in [3.05, 3.63) is 0 Å². The summed E-state index contributed by atoms with van der Waals surface area (Å²) in [6.45, 7) is 0. The Kier molecular flexibility index (Phi) is 2.18. The van der Waals surface area contributed by atoms with Crippen LogP contribution in [0.2, 0.25) is 0 Å². The maximum absolute atomic E-state index is 10.5. The first-order valence-corrected chi connectivity index (χ1v) is 5.30. The van der Waals surface area contributed by atoms with Crippen molar-refractivity contribution in [1.82, 2.24) is 5.32 Å². The lowest BCUT2D eigenvalue weighted by Crippen LogP contribution is -2.23. The van der Waals surface area contributed by atoms with E-state index in [1.54, 1.807) is 0 Å². The molecule has 0 aromatic rings. The van der Waals surface area contributed by atoms with Crippen molar-refractivity contribution < 1.29 is 14.4 Å². The fraction of sp³-hybridized carbons (Fsp3) is 1.00. The van der Waals surface area contributed by atoms with Gasteiger partial charge in [0.1, 0.15) is 5.78 Å². The van der Waals surface area contributed by atoms with E-state index in [2.05, 4.69) is 5.32 Å². The van der Waals surface area contributed by atoms with E-state index in [4.69, 9.17) is 9.79 Å². The second-order valence-corrected chi connectivity index (χ2v) is 4.66. The number of rotatable bonds is 1. The van der Waals surface area contributed by atoms with E-state index in [1.165, 1.54) is 11.8 Å². The zero-order valence-electron chi connectivity index (χ0n) is 4.65. The number of thioether (sulfide) groups is 1. The molecule has 1 atom stereocenters. The van der Waals surface area contributed by atoms with Gasteiger partial charge in [0.05, 0.1) is 0 Å². The molecule has 0 radical (unpaired) electrons. The molecule has 9 heavy (non-hydrogen) atoms. The maximum Gasteiger partial charge on any atom is 0.343 e. The van der Waals surface area contributed by atoms with Crippen LogP contribution in [-0.4, -0.2) is 27.2 Å². The maximum atomic E-state index is 10.5. The molecule has 0 saturated carbocycles. The topological polar surface area (TPSA) is 69.6 Å². The van der Waals surface area contributed by atoms with E-state index in [0.29, 0.717) is 11.6 Å². The third-order valence-electron chi connectivity index (χ3n) is 1.10. The standard InChI is InChI=1S/C3H8NO3PS/c5-8(6,7)3-1-9-2-4-3/h3-4H,1-2H2,(H2,5,6,7). The highest BCUT2D eigenvalue weighted by Gasteiger charge is 2.31. The first-order valence-electron chi connectivity index (χ1n) is 2.47. The van der Waals surface area contributed by atoms with Crippen LogP contribution >= 0.6 is 19.4 Å². The summed E-state index contributed by atoms with van der Waals surface area (Å²) in [6.07, 6.45) is 0. The Bertz CT molecular complexity index is 140. The van der Waals surface area contributed by atoms with Crippen molar-refractivity contribution in [3.63, 3.8) is 0 Å². The molecule has 0 spiro atoms. The molecule has 1 fully saturated rings. The Labute approximate surface area is 57.2 Å². The van der Waals surface area contributed by atoms with Gasteiger partial charge in [-0.15, -0.1) is 11.8 Å². The summed E-state index contributed by atoms with van der Waals surface area (Å²) in [5.41, 5.74) is 0. The largest absolute Gasteiger partial charge is 0.343 e. The summed E-state index contributed by atoms with van der Waals surface area (Å²) in [5, 5.41) is 2.70. The molecule has 1 heterocycles. The molecule has 4 nitrogen and oxygen atoms in total. The molecule has 1 saturated heterocycles. The molecule has 0 bridgehead atoms. The zero-order valence-corrected chi connectivity index (χ0v) is 6.36. The van der Waals surface area contributed by atoms with Crippen molar-refractivity contribution >= 4 is 19.4 Å². The van der Waals surface area contributed by atoms with Crippen LogP contribution in [0.3, 0.4) is 0 Å². The van der Waals surface area contributed by atoms with Gasteiger partial charge in [0.15, 0.2) is 0 Å². The van der Waals surface area contributed by atoms with Gasteiger partial charge in [-0.05, 0) is 0 Å². The summed E-state index contributed by atoms with van der Waals surface area (Å²) in [4.78, 5) is 17.1. The van der Waals surface area contributed by atoms with Crippen molar-refractivity contribution in [2.45, 2.75) is 5.78 Å². The van der Waals surface area contributed by atoms with E-state index in [-0.39, 0.29) is 0 Å². The fourth-order valence-corrected chi connectivity index (χ4v) is 2.92. The molecule has 0 amide bonds. The highest BCUT2D eigenvalue weighted by atomic mass is 32.2. The lowest BCUT2D eigenvalue weighted by Gasteiger charge is -2.09. The van der Waals surface area contributed by atoms with Gasteiger partial charge in [-0.2, -0.15) is 0 Å². The first-order chi connectivity index (χ1) is 4.11. The third-order valence-corrected chi connectivity index (χ3v) is 3.47. The van der Waals surface area contributed by atoms with E-state index in [9.17, 15) is 4.57 Å².